The molecule has 0 aliphatic carbocycles. The van der Waals surface area contributed by atoms with Crippen LogP contribution in [0.15, 0.2) is 42.5 Å². The maximum absolute atomic E-state index is 12.1. The van der Waals surface area contributed by atoms with Gasteiger partial charge in [-0.2, -0.15) is 5.10 Å². The minimum atomic E-state index is -0.221. The third-order valence-corrected chi connectivity index (χ3v) is 4.84. The Kier molecular flexibility index (Phi) is 5.09. The Morgan fingerprint density at radius 1 is 1.08 bits per heavy atom. The fraction of sp³-hybridized carbons (Fsp3) is 0.211. The van der Waals surface area contributed by atoms with Crippen LogP contribution in [0.25, 0.3) is 10.6 Å². The molecule has 0 aliphatic rings. The summed E-state index contributed by atoms with van der Waals surface area (Å²) >= 11 is 1.66. The summed E-state index contributed by atoms with van der Waals surface area (Å²) in [6.07, 6.45) is 0.309. The molecule has 3 aromatic rings. The Hall–Kier alpha value is -2.73. The van der Waals surface area contributed by atoms with Gasteiger partial charge in [-0.1, -0.05) is 29.8 Å². The van der Waals surface area contributed by atoms with Gasteiger partial charge in [0.2, 0.25) is 5.91 Å². The largest absolute Gasteiger partial charge is 0.309 e. The van der Waals surface area contributed by atoms with Gasteiger partial charge in [-0.05, 0) is 26.0 Å². The summed E-state index contributed by atoms with van der Waals surface area (Å²) in [5.74, 6) is 0.210. The van der Waals surface area contributed by atoms with Gasteiger partial charge in [-0.3, -0.25) is 14.7 Å². The molecule has 25 heavy (non-hydrogen) atoms. The number of carbonyl (C=O) groups is 2. The van der Waals surface area contributed by atoms with E-state index in [0.29, 0.717) is 11.4 Å². The lowest BCUT2D eigenvalue weighted by molar-refractivity contribution is -0.116. The van der Waals surface area contributed by atoms with Crippen molar-refractivity contribution in [3.8, 4) is 10.6 Å². The maximum atomic E-state index is 12.1. The van der Waals surface area contributed by atoms with Gasteiger partial charge in [0.05, 0.1) is 10.6 Å². The number of H-pyrrole nitrogens is 1. The zero-order valence-corrected chi connectivity index (χ0v) is 14.9. The number of benzene rings is 1. The lowest BCUT2D eigenvalue weighted by Gasteiger charge is -2.02. The highest BCUT2D eigenvalue weighted by Gasteiger charge is 2.11. The molecule has 2 aromatic heterocycles. The summed E-state index contributed by atoms with van der Waals surface area (Å²) in [6.45, 7) is 4.01. The Balaban J connectivity index is 1.53. The highest BCUT2D eigenvalue weighted by atomic mass is 32.1. The van der Waals surface area contributed by atoms with E-state index in [-0.39, 0.29) is 24.5 Å². The molecule has 1 aromatic carbocycles. The van der Waals surface area contributed by atoms with Crippen LogP contribution < -0.4 is 5.32 Å². The van der Waals surface area contributed by atoms with E-state index in [9.17, 15) is 9.59 Å². The van der Waals surface area contributed by atoms with Crippen molar-refractivity contribution in [3.05, 3.63) is 58.5 Å². The molecular weight excluding hydrogens is 334 g/mol. The first-order valence-electron chi connectivity index (χ1n) is 8.03. The van der Waals surface area contributed by atoms with Crippen LogP contribution in [-0.2, 0) is 4.79 Å². The lowest BCUT2D eigenvalue weighted by Crippen LogP contribution is -2.13. The predicted octanol–water partition coefficient (Wildman–Crippen LogP) is 4.36. The number of Topliss-reactive ketones (excluding diaryl/α,β-unsaturated/α-hetero) is 1. The highest BCUT2D eigenvalue weighted by Crippen LogP contribution is 2.27. The molecule has 3 rings (SSSR count). The van der Waals surface area contributed by atoms with E-state index in [1.807, 2.05) is 38.1 Å². The lowest BCUT2D eigenvalue weighted by atomic mass is 10.1. The van der Waals surface area contributed by atoms with Gasteiger partial charge in [0.15, 0.2) is 11.6 Å². The van der Waals surface area contributed by atoms with Crippen LogP contribution in [-0.4, -0.2) is 21.9 Å². The monoisotopic (exact) mass is 353 g/mol. The van der Waals surface area contributed by atoms with Crippen molar-refractivity contribution in [3.63, 3.8) is 0 Å². The number of aromatic nitrogens is 2. The standard InChI is InChI=1S/C19H19N3O2S/c1-12-3-6-14(7-4-12)16(23)8-10-19(24)20-18-11-15(21-22-18)17-9-5-13(2)25-17/h3-7,9,11H,8,10H2,1-2H3,(H2,20,21,22,24). The molecule has 0 fully saturated rings. The van der Waals surface area contributed by atoms with Gasteiger partial charge < -0.3 is 5.32 Å². The maximum Gasteiger partial charge on any atom is 0.226 e. The van der Waals surface area contributed by atoms with Crippen LogP contribution in [0.3, 0.4) is 0 Å². The number of ketones is 1. The van der Waals surface area contributed by atoms with E-state index in [4.69, 9.17) is 0 Å². The van der Waals surface area contributed by atoms with Crippen molar-refractivity contribution in [2.45, 2.75) is 26.7 Å². The minimum absolute atomic E-state index is 0.0353. The minimum Gasteiger partial charge on any atom is -0.309 e. The number of amides is 1. The first kappa shape index (κ1) is 17.1. The van der Waals surface area contributed by atoms with Gasteiger partial charge in [0.25, 0.3) is 0 Å². The second kappa shape index (κ2) is 7.44. The molecule has 6 heteroatoms. The van der Waals surface area contributed by atoms with Crippen molar-refractivity contribution in [2.24, 2.45) is 0 Å². The number of nitrogens with one attached hydrogen (secondary N) is 2. The third kappa shape index (κ3) is 4.42. The van der Waals surface area contributed by atoms with Crippen molar-refractivity contribution >= 4 is 28.8 Å². The van der Waals surface area contributed by atoms with Gasteiger partial charge in [-0.15, -0.1) is 11.3 Å². The second-order valence-electron chi connectivity index (χ2n) is 5.91. The topological polar surface area (TPSA) is 74.8 Å². The van der Waals surface area contributed by atoms with E-state index in [0.717, 1.165) is 16.1 Å². The molecule has 0 unspecified atom stereocenters. The normalized spacial score (nSPS) is 10.6. The van der Waals surface area contributed by atoms with Crippen molar-refractivity contribution < 1.29 is 9.59 Å². The van der Waals surface area contributed by atoms with Crippen LogP contribution in [0.5, 0.6) is 0 Å². The van der Waals surface area contributed by atoms with E-state index in [2.05, 4.69) is 15.5 Å². The Labute approximate surface area is 150 Å². The zero-order chi connectivity index (χ0) is 17.8. The van der Waals surface area contributed by atoms with Crippen molar-refractivity contribution in [1.29, 1.82) is 0 Å². The van der Waals surface area contributed by atoms with Crippen LogP contribution >= 0.6 is 11.3 Å². The van der Waals surface area contributed by atoms with Crippen LogP contribution in [0, 0.1) is 13.8 Å². The van der Waals surface area contributed by atoms with Crippen LogP contribution in [0.1, 0.15) is 33.6 Å². The first-order chi connectivity index (χ1) is 12.0. The number of rotatable bonds is 6. The van der Waals surface area contributed by atoms with E-state index >= 15 is 0 Å². The van der Waals surface area contributed by atoms with Crippen LogP contribution in [0.4, 0.5) is 5.82 Å². The number of carbonyl (C=O) groups excluding carboxylic acids is 2. The summed E-state index contributed by atoms with van der Waals surface area (Å²) in [7, 11) is 0. The molecule has 2 heterocycles. The molecule has 1 amide bonds. The molecular formula is C19H19N3O2S. The number of nitrogens with zero attached hydrogens (tertiary/aromatic N) is 1. The third-order valence-electron chi connectivity index (χ3n) is 3.80. The van der Waals surface area contributed by atoms with Crippen LogP contribution in [0.2, 0.25) is 0 Å². The average Bonchev–Trinajstić information content (AvgIpc) is 3.22. The van der Waals surface area contributed by atoms with Gasteiger partial charge >= 0.3 is 0 Å². The molecule has 0 bridgehead atoms. The van der Waals surface area contributed by atoms with Gasteiger partial charge in [-0.25, -0.2) is 0 Å². The highest BCUT2D eigenvalue weighted by molar-refractivity contribution is 7.15. The summed E-state index contributed by atoms with van der Waals surface area (Å²) in [5, 5.41) is 9.74. The van der Waals surface area contributed by atoms with E-state index in [1.165, 1.54) is 4.88 Å². The van der Waals surface area contributed by atoms with Gasteiger partial charge in [0, 0.05) is 29.3 Å². The number of aryl methyl sites for hydroxylation is 2. The van der Waals surface area contributed by atoms with E-state index < -0.39 is 0 Å². The zero-order valence-electron chi connectivity index (χ0n) is 14.1. The molecule has 0 saturated heterocycles. The smallest absolute Gasteiger partial charge is 0.226 e. The molecule has 0 aliphatic heterocycles. The summed E-state index contributed by atoms with van der Waals surface area (Å²) in [4.78, 5) is 26.4. The number of hydrogen-bond acceptors (Lipinski definition) is 4. The quantitative estimate of drug-likeness (QED) is 0.647. The fourth-order valence-electron chi connectivity index (χ4n) is 2.41. The predicted molar refractivity (Wildman–Crippen MR) is 100 cm³/mol. The Morgan fingerprint density at radius 3 is 2.52 bits per heavy atom. The molecule has 5 nitrogen and oxygen atoms in total. The molecule has 0 spiro atoms. The van der Waals surface area contributed by atoms with Crippen molar-refractivity contribution in [1.82, 2.24) is 10.2 Å². The van der Waals surface area contributed by atoms with E-state index in [1.54, 1.807) is 29.5 Å². The Morgan fingerprint density at radius 2 is 1.84 bits per heavy atom. The molecule has 0 atom stereocenters. The molecule has 2 N–H and O–H groups in total. The van der Waals surface area contributed by atoms with Crippen molar-refractivity contribution in [2.75, 3.05) is 5.32 Å². The fourth-order valence-corrected chi connectivity index (χ4v) is 3.24. The number of aromatic amines is 1. The molecule has 128 valence electrons. The number of thiophene rings is 1. The summed E-state index contributed by atoms with van der Waals surface area (Å²) in [5.41, 5.74) is 2.60. The molecule has 0 radical (unpaired) electrons. The first-order valence-corrected chi connectivity index (χ1v) is 8.85. The Bertz CT molecular complexity index is 894. The summed E-state index contributed by atoms with van der Waals surface area (Å²) < 4.78 is 0. The summed E-state index contributed by atoms with van der Waals surface area (Å²) in [6, 6.07) is 13.2. The second-order valence-corrected chi connectivity index (χ2v) is 7.20. The SMILES string of the molecule is Cc1ccc(C(=O)CCC(=O)Nc2cc(-c3ccc(C)s3)[nH]n2)cc1. The number of hydrogen-bond donors (Lipinski definition) is 2. The van der Waals surface area contributed by atoms with Gasteiger partial charge in [0.1, 0.15) is 0 Å². The molecule has 0 saturated carbocycles. The number of anilines is 1. The average molecular weight is 353 g/mol.